The Bertz CT molecular complexity index is 781. The predicted octanol–water partition coefficient (Wildman–Crippen LogP) is 2.50. The number of nitrogens with one attached hydrogen (secondary N) is 1. The van der Waals surface area contributed by atoms with Crippen LogP contribution in [0.1, 0.15) is 29.3 Å². The average Bonchev–Trinajstić information content (AvgIpc) is 2.68. The third kappa shape index (κ3) is 3.57. The van der Waals surface area contributed by atoms with Crippen molar-refractivity contribution in [3.63, 3.8) is 0 Å². The number of aryl methyl sites for hydroxylation is 1. The largest absolute Gasteiger partial charge is 0.377 e. The highest BCUT2D eigenvalue weighted by Gasteiger charge is 2.29. The maximum atomic E-state index is 12.9. The zero-order chi connectivity index (χ0) is 17.9. The summed E-state index contributed by atoms with van der Waals surface area (Å²) in [6, 6.07) is 12.0. The summed E-state index contributed by atoms with van der Waals surface area (Å²) in [6.45, 7) is 1.62. The van der Waals surface area contributed by atoms with Gasteiger partial charge in [0.05, 0.1) is 31.1 Å². The number of hydrogen-bond acceptors (Lipinski definition) is 4. The number of ether oxygens (including phenoxy) is 1. The molecule has 2 unspecified atom stereocenters. The summed E-state index contributed by atoms with van der Waals surface area (Å²) in [4.78, 5) is 19.2. The van der Waals surface area contributed by atoms with E-state index in [9.17, 15) is 4.79 Å². The minimum atomic E-state index is -0.121. The second-order valence-corrected chi connectivity index (χ2v) is 6.96. The average molecular weight is 352 g/mol. The van der Waals surface area contributed by atoms with Crippen LogP contribution in [0.4, 0.5) is 10.5 Å². The van der Waals surface area contributed by atoms with Crippen LogP contribution in [0.2, 0.25) is 0 Å². The number of anilines is 1. The van der Waals surface area contributed by atoms with E-state index in [-0.39, 0.29) is 18.1 Å². The summed E-state index contributed by atoms with van der Waals surface area (Å²) in [7, 11) is 0. The quantitative estimate of drug-likeness (QED) is 0.870. The second kappa shape index (κ2) is 7.43. The van der Waals surface area contributed by atoms with E-state index in [1.807, 2.05) is 41.3 Å². The lowest BCUT2D eigenvalue weighted by Crippen LogP contribution is -2.45. The van der Waals surface area contributed by atoms with E-state index in [4.69, 9.17) is 10.5 Å². The third-order valence-corrected chi connectivity index (χ3v) is 5.12. The molecule has 1 aromatic carbocycles. The van der Waals surface area contributed by atoms with Gasteiger partial charge < -0.3 is 20.7 Å². The molecule has 0 radical (unpaired) electrons. The van der Waals surface area contributed by atoms with E-state index >= 15 is 0 Å². The van der Waals surface area contributed by atoms with Gasteiger partial charge in [-0.1, -0.05) is 30.3 Å². The maximum absolute atomic E-state index is 12.9. The number of carbonyl (C=O) groups is 1. The summed E-state index contributed by atoms with van der Waals surface area (Å²) in [5.74, 6) is 0. The fraction of sp³-hybridized carbons (Fsp3) is 0.400. The van der Waals surface area contributed by atoms with Gasteiger partial charge in [-0.25, -0.2) is 4.79 Å². The van der Waals surface area contributed by atoms with Crippen molar-refractivity contribution in [1.82, 2.24) is 9.88 Å². The van der Waals surface area contributed by atoms with Crippen LogP contribution in [0.3, 0.4) is 0 Å². The number of amides is 2. The lowest BCUT2D eigenvalue weighted by Gasteiger charge is -2.36. The first-order valence-electron chi connectivity index (χ1n) is 9.14. The number of hydrogen-bond donors (Lipinski definition) is 2. The third-order valence-electron chi connectivity index (χ3n) is 5.12. The van der Waals surface area contributed by atoms with Crippen LogP contribution < -0.4 is 11.1 Å². The molecule has 2 aliphatic rings. The first-order chi connectivity index (χ1) is 12.7. The topological polar surface area (TPSA) is 80.5 Å². The molecular weight excluding hydrogens is 328 g/mol. The molecule has 0 bridgehead atoms. The molecular formula is C20H24N4O2. The molecule has 4 rings (SSSR count). The summed E-state index contributed by atoms with van der Waals surface area (Å²) in [5, 5.41) is 3.00. The summed E-state index contributed by atoms with van der Waals surface area (Å²) >= 11 is 0. The second-order valence-electron chi connectivity index (χ2n) is 6.96. The van der Waals surface area contributed by atoms with Gasteiger partial charge in [-0.2, -0.15) is 0 Å². The lowest BCUT2D eigenvalue weighted by molar-refractivity contribution is 0.0148. The molecule has 136 valence electrons. The summed E-state index contributed by atoms with van der Waals surface area (Å²) in [6.07, 6.45) is 4.43. The predicted molar refractivity (Wildman–Crippen MR) is 100.0 cm³/mol. The monoisotopic (exact) mass is 352 g/mol. The number of aromatic nitrogens is 1. The van der Waals surface area contributed by atoms with Gasteiger partial charge in [0.2, 0.25) is 0 Å². The molecule has 1 aromatic heterocycles. The van der Waals surface area contributed by atoms with Crippen molar-refractivity contribution in [3.8, 4) is 0 Å². The van der Waals surface area contributed by atoms with Crippen molar-refractivity contribution in [2.24, 2.45) is 5.73 Å². The van der Waals surface area contributed by atoms with E-state index in [2.05, 4.69) is 10.3 Å². The highest BCUT2D eigenvalue weighted by Crippen LogP contribution is 2.26. The molecule has 1 saturated heterocycles. The van der Waals surface area contributed by atoms with Crippen molar-refractivity contribution < 1.29 is 9.53 Å². The molecule has 0 saturated carbocycles. The SMILES string of the molecule is NC1CCc2ncc(NC(=O)N3CCOCC3c3ccccc3)cc2C1. The number of urea groups is 1. The van der Waals surface area contributed by atoms with Gasteiger partial charge in [-0.3, -0.25) is 4.98 Å². The van der Waals surface area contributed by atoms with Crippen molar-refractivity contribution in [2.45, 2.75) is 31.3 Å². The van der Waals surface area contributed by atoms with Crippen LogP contribution in [0.5, 0.6) is 0 Å². The van der Waals surface area contributed by atoms with Gasteiger partial charge in [-0.05, 0) is 36.5 Å². The molecule has 0 spiro atoms. The Labute approximate surface area is 153 Å². The molecule has 2 heterocycles. The minimum absolute atomic E-state index is 0.0797. The van der Waals surface area contributed by atoms with E-state index < -0.39 is 0 Å². The number of rotatable bonds is 2. The number of pyridine rings is 1. The fourth-order valence-corrected chi connectivity index (χ4v) is 3.71. The van der Waals surface area contributed by atoms with Crippen LogP contribution in [0.15, 0.2) is 42.6 Å². The van der Waals surface area contributed by atoms with Crippen molar-refractivity contribution in [1.29, 1.82) is 0 Å². The Morgan fingerprint density at radius 2 is 2.15 bits per heavy atom. The Kier molecular flexibility index (Phi) is 4.86. The molecule has 6 nitrogen and oxygen atoms in total. The lowest BCUT2D eigenvalue weighted by atomic mass is 9.92. The van der Waals surface area contributed by atoms with Crippen LogP contribution >= 0.6 is 0 Å². The molecule has 26 heavy (non-hydrogen) atoms. The van der Waals surface area contributed by atoms with Gasteiger partial charge in [0.15, 0.2) is 0 Å². The van der Waals surface area contributed by atoms with Crippen LogP contribution in [-0.4, -0.2) is 41.7 Å². The Balaban J connectivity index is 1.51. The van der Waals surface area contributed by atoms with Gasteiger partial charge in [-0.15, -0.1) is 0 Å². The van der Waals surface area contributed by atoms with Gasteiger partial charge >= 0.3 is 6.03 Å². The number of carbonyl (C=O) groups excluding carboxylic acids is 1. The van der Waals surface area contributed by atoms with E-state index in [1.54, 1.807) is 6.20 Å². The smallest absolute Gasteiger partial charge is 0.322 e. The first-order valence-corrected chi connectivity index (χ1v) is 9.14. The maximum Gasteiger partial charge on any atom is 0.322 e. The standard InChI is InChI=1S/C20H24N4O2/c21-16-6-7-18-15(10-16)11-17(12-22-18)23-20(25)24-8-9-26-13-19(24)14-4-2-1-3-5-14/h1-5,11-12,16,19H,6-10,13,21H2,(H,23,25). The molecule has 2 amide bonds. The van der Waals surface area contributed by atoms with Crippen molar-refractivity contribution in [3.05, 3.63) is 59.4 Å². The Morgan fingerprint density at radius 1 is 1.31 bits per heavy atom. The van der Waals surface area contributed by atoms with Gasteiger partial charge in [0.25, 0.3) is 0 Å². The molecule has 2 atom stereocenters. The zero-order valence-corrected chi connectivity index (χ0v) is 14.7. The molecule has 2 aromatic rings. The van der Waals surface area contributed by atoms with Crippen LogP contribution in [0.25, 0.3) is 0 Å². The molecule has 6 heteroatoms. The summed E-state index contributed by atoms with van der Waals surface area (Å²) < 4.78 is 5.61. The normalized spacial score (nSPS) is 22.6. The van der Waals surface area contributed by atoms with E-state index in [0.29, 0.717) is 19.8 Å². The number of morpholine rings is 1. The Morgan fingerprint density at radius 3 is 3.00 bits per heavy atom. The van der Waals surface area contributed by atoms with Gasteiger partial charge in [0, 0.05) is 18.3 Å². The van der Waals surface area contributed by atoms with E-state index in [1.165, 1.54) is 0 Å². The van der Waals surface area contributed by atoms with Crippen molar-refractivity contribution in [2.75, 3.05) is 25.1 Å². The number of benzene rings is 1. The number of nitrogens with zero attached hydrogens (tertiary/aromatic N) is 2. The molecule has 1 aliphatic carbocycles. The molecule has 1 fully saturated rings. The minimum Gasteiger partial charge on any atom is -0.377 e. The number of fused-ring (bicyclic) bond motifs is 1. The highest BCUT2D eigenvalue weighted by atomic mass is 16.5. The van der Waals surface area contributed by atoms with Crippen LogP contribution in [-0.2, 0) is 17.6 Å². The summed E-state index contributed by atoms with van der Waals surface area (Å²) in [5.41, 5.74) is 10.1. The zero-order valence-electron chi connectivity index (χ0n) is 14.7. The highest BCUT2D eigenvalue weighted by molar-refractivity contribution is 5.89. The van der Waals surface area contributed by atoms with E-state index in [0.717, 1.165) is 41.8 Å². The molecule has 3 N–H and O–H groups in total. The van der Waals surface area contributed by atoms with Crippen LogP contribution in [0, 0.1) is 0 Å². The molecule has 1 aliphatic heterocycles. The van der Waals surface area contributed by atoms with Gasteiger partial charge in [0.1, 0.15) is 0 Å². The Hall–Kier alpha value is -2.44. The number of nitrogens with two attached hydrogens (primary N) is 1. The van der Waals surface area contributed by atoms with Crippen molar-refractivity contribution >= 4 is 11.7 Å². The fourth-order valence-electron chi connectivity index (χ4n) is 3.71. The first kappa shape index (κ1) is 17.0.